The molecule has 7 aromatic rings. The quantitative estimate of drug-likeness (QED) is 0.220. The molecule has 0 spiro atoms. The monoisotopic (exact) mass is 555 g/mol. The summed E-state index contributed by atoms with van der Waals surface area (Å²) in [6.07, 6.45) is 2.28. The summed E-state index contributed by atoms with van der Waals surface area (Å²) in [6.45, 7) is 0. The number of phenolic OH excluding ortho intramolecular Hbond substituents is 1. The van der Waals surface area contributed by atoms with E-state index in [9.17, 15) is 10.4 Å². The number of aromatic amines is 1. The smallest absolute Gasteiger partial charge is 0.192 e. The molecule has 5 heterocycles. The first-order chi connectivity index (χ1) is 21.2. The van der Waals surface area contributed by atoms with Gasteiger partial charge in [0.1, 0.15) is 17.0 Å². The van der Waals surface area contributed by atoms with Crippen molar-refractivity contribution in [3.05, 3.63) is 91.0 Å². The van der Waals surface area contributed by atoms with E-state index in [2.05, 4.69) is 11.2 Å². The van der Waals surface area contributed by atoms with E-state index >= 15 is 0 Å². The van der Waals surface area contributed by atoms with E-state index in [1.54, 1.807) is 12.1 Å². The van der Waals surface area contributed by atoms with Gasteiger partial charge in [-0.2, -0.15) is 5.26 Å². The van der Waals surface area contributed by atoms with Gasteiger partial charge in [0.05, 0.1) is 5.39 Å². The van der Waals surface area contributed by atoms with Crippen molar-refractivity contribution in [2.45, 2.75) is 0 Å². The van der Waals surface area contributed by atoms with Crippen LogP contribution in [0.1, 0.15) is 0 Å². The maximum absolute atomic E-state index is 10.9. The summed E-state index contributed by atoms with van der Waals surface area (Å²) in [4.78, 5) is 32.7. The van der Waals surface area contributed by atoms with Crippen molar-refractivity contribution < 1.29 is 5.11 Å². The van der Waals surface area contributed by atoms with Crippen LogP contribution >= 0.6 is 0 Å². The van der Waals surface area contributed by atoms with Crippen LogP contribution < -0.4 is 0 Å². The van der Waals surface area contributed by atoms with E-state index in [0.717, 1.165) is 33.0 Å². The van der Waals surface area contributed by atoms with E-state index in [0.29, 0.717) is 56.7 Å². The number of nitrogens with zero attached hydrogens (tertiary/aromatic N) is 8. The van der Waals surface area contributed by atoms with Crippen LogP contribution in [0.3, 0.4) is 0 Å². The van der Waals surface area contributed by atoms with Crippen LogP contribution in [-0.4, -0.2) is 44.6 Å². The molecule has 0 saturated carbocycles. The van der Waals surface area contributed by atoms with Gasteiger partial charge >= 0.3 is 0 Å². The number of aromatic hydroxyl groups is 1. The second-order valence-corrected chi connectivity index (χ2v) is 10.2. The Hall–Kier alpha value is -6.47. The molecule has 200 valence electrons. The highest BCUT2D eigenvalue weighted by Gasteiger charge is 2.23. The van der Waals surface area contributed by atoms with Crippen molar-refractivity contribution in [1.29, 1.82) is 5.26 Å². The van der Waals surface area contributed by atoms with Crippen LogP contribution in [-0.2, 0) is 0 Å². The lowest BCUT2D eigenvalue weighted by Crippen LogP contribution is -1.93. The van der Waals surface area contributed by atoms with E-state index in [1.165, 1.54) is 4.57 Å². The van der Waals surface area contributed by atoms with Gasteiger partial charge in [-0.25, -0.2) is 34.5 Å². The second-order valence-electron chi connectivity index (χ2n) is 10.2. The fraction of sp³-hybridized carbons (Fsp3) is 0. The van der Waals surface area contributed by atoms with Gasteiger partial charge in [0.2, 0.25) is 0 Å². The largest absolute Gasteiger partial charge is 0.507 e. The van der Waals surface area contributed by atoms with Crippen LogP contribution in [0.15, 0.2) is 91.0 Å². The molecule has 0 amide bonds. The fourth-order valence-corrected chi connectivity index (χ4v) is 5.87. The first-order valence-corrected chi connectivity index (χ1v) is 13.5. The Morgan fingerprint density at radius 2 is 1.00 bits per heavy atom. The zero-order chi connectivity index (χ0) is 28.7. The summed E-state index contributed by atoms with van der Waals surface area (Å²) in [6, 6.07) is 28.3. The standard InChI is InChI=1S/C33H17N9O/c34-16-42-32-21-12-5-6-13-22(21)33(42)41-29-20-11-4-2-9-18(20)27(36-29)38-31-25-23(14-7-15-24(25)43)30(39-31)37-26-17-8-1-3-10-19(17)28(35-26)40-32/h1-15,43H,(H,35,36,37,38,39,40,41). The molecule has 10 nitrogen and oxygen atoms in total. The molecule has 2 N–H and O–H groups in total. The Bertz CT molecular complexity index is 2560. The first kappa shape index (κ1) is 23.3. The number of hydrogen-bond donors (Lipinski definition) is 2. The SMILES string of the molecule is N#Cn1c2nc3nc(nc4[nH]c(nc5nc(nc1c1ccccc12)-c1ccccc1-5)c1c(O)cccc41)-c1ccccc1-3. The summed E-state index contributed by atoms with van der Waals surface area (Å²) < 4.78 is 1.42. The zero-order valence-corrected chi connectivity index (χ0v) is 22.2. The van der Waals surface area contributed by atoms with Crippen LogP contribution in [0.2, 0.25) is 0 Å². The Morgan fingerprint density at radius 3 is 1.53 bits per heavy atom. The lowest BCUT2D eigenvalue weighted by atomic mass is 10.1. The first-order valence-electron chi connectivity index (χ1n) is 13.5. The molecule has 43 heavy (non-hydrogen) atoms. The van der Waals surface area contributed by atoms with Gasteiger partial charge in [0.15, 0.2) is 40.8 Å². The molecule has 0 fully saturated rings. The highest BCUT2D eigenvalue weighted by Crippen LogP contribution is 2.38. The summed E-state index contributed by atoms with van der Waals surface area (Å²) in [5.41, 5.74) is 4.85. The number of rotatable bonds is 0. The van der Waals surface area contributed by atoms with Crippen LogP contribution in [0, 0.1) is 11.5 Å². The average Bonchev–Trinajstić information content (AvgIpc) is 3.75. The third kappa shape index (κ3) is 3.27. The number of phenols is 1. The highest BCUT2D eigenvalue weighted by molar-refractivity contribution is 6.09. The summed E-state index contributed by atoms with van der Waals surface area (Å²) >= 11 is 0. The van der Waals surface area contributed by atoms with Crippen LogP contribution in [0.4, 0.5) is 0 Å². The summed E-state index contributed by atoms with van der Waals surface area (Å²) in [5, 5.41) is 24.0. The van der Waals surface area contributed by atoms with Crippen molar-refractivity contribution in [2.24, 2.45) is 0 Å². The Morgan fingerprint density at radius 1 is 0.535 bits per heavy atom. The summed E-state index contributed by atoms with van der Waals surface area (Å²) in [7, 11) is 0. The molecule has 8 bridgehead atoms. The molecular weight excluding hydrogens is 538 g/mol. The minimum absolute atomic E-state index is 0.0641. The van der Waals surface area contributed by atoms with E-state index in [1.807, 2.05) is 78.9 Å². The molecule has 10 heteroatoms. The van der Waals surface area contributed by atoms with Gasteiger partial charge in [-0.1, -0.05) is 84.9 Å². The van der Waals surface area contributed by atoms with Crippen molar-refractivity contribution in [3.63, 3.8) is 0 Å². The Kier molecular flexibility index (Phi) is 4.61. The normalized spacial score (nSPS) is 11.8. The molecule has 0 saturated heterocycles. The zero-order valence-electron chi connectivity index (χ0n) is 22.2. The molecule has 0 unspecified atom stereocenters. The lowest BCUT2D eigenvalue weighted by Gasteiger charge is -1.97. The molecular formula is C33H17N9O. The van der Waals surface area contributed by atoms with Gasteiger partial charge in [0.25, 0.3) is 0 Å². The van der Waals surface area contributed by atoms with Gasteiger partial charge < -0.3 is 10.1 Å². The molecule has 2 aliphatic heterocycles. The molecule has 4 aromatic carbocycles. The molecule has 2 aliphatic rings. The predicted octanol–water partition coefficient (Wildman–Crippen LogP) is 6.38. The third-order valence-corrected chi connectivity index (χ3v) is 7.80. The topological polar surface area (TPSA) is 142 Å². The molecule has 0 radical (unpaired) electrons. The maximum atomic E-state index is 10.9. The van der Waals surface area contributed by atoms with E-state index in [-0.39, 0.29) is 5.75 Å². The van der Waals surface area contributed by atoms with Crippen molar-refractivity contribution in [3.8, 4) is 57.5 Å². The molecule has 0 aliphatic carbocycles. The van der Waals surface area contributed by atoms with Gasteiger partial charge in [-0.05, 0) is 6.07 Å². The van der Waals surface area contributed by atoms with Gasteiger partial charge in [-0.3, -0.25) is 0 Å². The fourth-order valence-electron chi connectivity index (χ4n) is 5.87. The number of H-pyrrole nitrogens is 1. The number of nitrogens with one attached hydrogen (secondary N) is 1. The highest BCUT2D eigenvalue weighted by atomic mass is 16.3. The number of nitriles is 1. The van der Waals surface area contributed by atoms with Crippen LogP contribution in [0.5, 0.6) is 5.75 Å². The van der Waals surface area contributed by atoms with Crippen molar-refractivity contribution in [2.75, 3.05) is 0 Å². The van der Waals surface area contributed by atoms with Gasteiger partial charge in [-0.15, -0.1) is 0 Å². The predicted molar refractivity (Wildman–Crippen MR) is 162 cm³/mol. The van der Waals surface area contributed by atoms with Crippen LogP contribution in [0.25, 0.3) is 89.7 Å². The molecule has 3 aromatic heterocycles. The number of fused-ring (bicyclic) bond motifs is 20. The molecule has 0 atom stereocenters. The second kappa shape index (κ2) is 8.52. The third-order valence-electron chi connectivity index (χ3n) is 7.80. The summed E-state index contributed by atoms with van der Waals surface area (Å²) in [5.74, 6) is 1.77. The van der Waals surface area contributed by atoms with Crippen molar-refractivity contribution in [1.82, 2.24) is 39.5 Å². The van der Waals surface area contributed by atoms with E-state index in [4.69, 9.17) is 29.9 Å². The average molecular weight is 556 g/mol. The van der Waals surface area contributed by atoms with Crippen molar-refractivity contribution >= 4 is 44.1 Å². The lowest BCUT2D eigenvalue weighted by molar-refractivity contribution is 0.482. The molecule has 9 rings (SSSR count). The minimum atomic E-state index is 0.0641. The minimum Gasteiger partial charge on any atom is -0.507 e. The Labute approximate surface area is 242 Å². The number of hydrogen-bond acceptors (Lipinski definition) is 8. The Balaban J connectivity index is 1.56. The van der Waals surface area contributed by atoms with E-state index < -0.39 is 0 Å². The number of aromatic nitrogens is 8. The maximum Gasteiger partial charge on any atom is 0.192 e. The van der Waals surface area contributed by atoms with Gasteiger partial charge in [0, 0.05) is 38.4 Å². The number of benzene rings is 4.